The van der Waals surface area contributed by atoms with Gasteiger partial charge in [-0.1, -0.05) is 67.6 Å². The van der Waals surface area contributed by atoms with Crippen LogP contribution in [0.15, 0.2) is 89.8 Å². The third-order valence-corrected chi connectivity index (χ3v) is 7.44. The van der Waals surface area contributed by atoms with Crippen LogP contribution in [-0.4, -0.2) is 16.8 Å². The zero-order chi connectivity index (χ0) is 24.6. The lowest BCUT2D eigenvalue weighted by atomic mass is 10.1. The molecule has 0 aliphatic carbocycles. The lowest BCUT2D eigenvalue weighted by Gasteiger charge is -2.16. The Balaban J connectivity index is 1.52. The molecule has 4 rings (SSSR count). The summed E-state index contributed by atoms with van der Waals surface area (Å²) in [6.07, 6.45) is 1.30. The molecule has 0 saturated carbocycles. The fourth-order valence-electron chi connectivity index (χ4n) is 3.59. The largest absolute Gasteiger partial charge is 0.326 e. The molecule has 1 heterocycles. The first-order valence-electron chi connectivity index (χ1n) is 11.5. The molecular weight excluding hydrogens is 474 g/mol. The van der Waals surface area contributed by atoms with Gasteiger partial charge in [-0.25, -0.2) is 4.98 Å². The van der Waals surface area contributed by atoms with Gasteiger partial charge in [0.15, 0.2) is 5.13 Å². The molecule has 1 atom stereocenters. The van der Waals surface area contributed by atoms with Gasteiger partial charge in [0, 0.05) is 27.4 Å². The maximum atomic E-state index is 13.4. The Kier molecular flexibility index (Phi) is 8.34. The zero-order valence-electron chi connectivity index (χ0n) is 19.7. The van der Waals surface area contributed by atoms with Crippen molar-refractivity contribution in [2.75, 3.05) is 10.6 Å². The number of rotatable bonds is 9. The number of aryl methyl sites for hydroxylation is 1. The summed E-state index contributed by atoms with van der Waals surface area (Å²) in [7, 11) is 0. The van der Waals surface area contributed by atoms with Gasteiger partial charge in [-0.3, -0.25) is 9.59 Å². The monoisotopic (exact) mass is 501 g/mol. The normalized spacial score (nSPS) is 11.6. The molecule has 5 nitrogen and oxygen atoms in total. The first kappa shape index (κ1) is 24.7. The highest BCUT2D eigenvalue weighted by atomic mass is 32.2. The Hall–Kier alpha value is -3.42. The van der Waals surface area contributed by atoms with Gasteiger partial charge in [-0.05, 0) is 43.2 Å². The van der Waals surface area contributed by atoms with Gasteiger partial charge in [0.2, 0.25) is 11.8 Å². The summed E-state index contributed by atoms with van der Waals surface area (Å²) in [6, 6.07) is 27.3. The number of benzene rings is 3. The quantitative estimate of drug-likeness (QED) is 0.236. The maximum absolute atomic E-state index is 13.4. The third kappa shape index (κ3) is 6.59. The summed E-state index contributed by atoms with van der Waals surface area (Å²) in [6.45, 7) is 3.99. The molecule has 1 unspecified atom stereocenters. The zero-order valence-corrected chi connectivity index (χ0v) is 21.3. The van der Waals surface area contributed by atoms with Gasteiger partial charge in [0.1, 0.15) is 5.25 Å². The molecule has 0 radical (unpaired) electrons. The van der Waals surface area contributed by atoms with E-state index < -0.39 is 5.25 Å². The number of amides is 2. The van der Waals surface area contributed by atoms with Crippen LogP contribution in [0.4, 0.5) is 10.8 Å². The van der Waals surface area contributed by atoms with E-state index in [0.717, 1.165) is 38.7 Å². The van der Waals surface area contributed by atoms with Crippen LogP contribution in [0.3, 0.4) is 0 Å². The molecule has 4 aromatic rings. The van der Waals surface area contributed by atoms with E-state index >= 15 is 0 Å². The number of nitrogens with one attached hydrogen (secondary N) is 2. The highest BCUT2D eigenvalue weighted by Crippen LogP contribution is 2.38. The van der Waals surface area contributed by atoms with Crippen molar-refractivity contribution < 1.29 is 9.59 Å². The standard InChI is InChI=1S/C28H27N3O2S2/c1-3-10-24(32)29-22-15-17-23(18-16-22)35-26(21-13-8-5-9-14-21)27(33)31-28-30-25(19(2)34-28)20-11-6-4-7-12-20/h4-9,11-18,26H,3,10H2,1-2H3,(H,29,32)(H,30,31,33). The van der Waals surface area contributed by atoms with Crippen LogP contribution in [-0.2, 0) is 9.59 Å². The van der Waals surface area contributed by atoms with Crippen LogP contribution in [0.5, 0.6) is 0 Å². The van der Waals surface area contributed by atoms with E-state index in [4.69, 9.17) is 4.98 Å². The minimum Gasteiger partial charge on any atom is -0.326 e. The molecule has 0 fully saturated rings. The fraction of sp³-hybridized carbons (Fsp3) is 0.179. The average Bonchev–Trinajstić information content (AvgIpc) is 3.24. The molecule has 0 saturated heterocycles. The van der Waals surface area contributed by atoms with Gasteiger partial charge < -0.3 is 10.6 Å². The van der Waals surface area contributed by atoms with Crippen molar-refractivity contribution in [2.24, 2.45) is 0 Å². The van der Waals surface area contributed by atoms with Crippen LogP contribution in [0, 0.1) is 6.92 Å². The topological polar surface area (TPSA) is 71.1 Å². The highest BCUT2D eigenvalue weighted by Gasteiger charge is 2.24. The minimum atomic E-state index is -0.457. The van der Waals surface area contributed by atoms with Crippen molar-refractivity contribution >= 4 is 45.7 Å². The third-order valence-electron chi connectivity index (χ3n) is 5.28. The smallest absolute Gasteiger partial charge is 0.244 e. The van der Waals surface area contributed by atoms with E-state index in [1.165, 1.54) is 23.1 Å². The van der Waals surface area contributed by atoms with Crippen LogP contribution < -0.4 is 10.6 Å². The second kappa shape index (κ2) is 11.8. The number of thiazole rings is 1. The lowest BCUT2D eigenvalue weighted by Crippen LogP contribution is -2.19. The van der Waals surface area contributed by atoms with E-state index in [2.05, 4.69) is 10.6 Å². The van der Waals surface area contributed by atoms with Crippen LogP contribution in [0.2, 0.25) is 0 Å². The van der Waals surface area contributed by atoms with Crippen molar-refractivity contribution in [1.82, 2.24) is 4.98 Å². The molecule has 0 bridgehead atoms. The SMILES string of the molecule is CCCC(=O)Nc1ccc(SC(C(=O)Nc2nc(-c3ccccc3)c(C)s2)c2ccccc2)cc1. The number of carbonyl (C=O) groups excluding carboxylic acids is 2. The summed E-state index contributed by atoms with van der Waals surface area (Å²) < 4.78 is 0. The summed E-state index contributed by atoms with van der Waals surface area (Å²) in [4.78, 5) is 32.0. The van der Waals surface area contributed by atoms with E-state index in [9.17, 15) is 9.59 Å². The molecule has 2 N–H and O–H groups in total. The molecule has 2 amide bonds. The molecule has 35 heavy (non-hydrogen) atoms. The number of nitrogens with zero attached hydrogens (tertiary/aromatic N) is 1. The van der Waals surface area contributed by atoms with E-state index in [0.29, 0.717) is 11.6 Å². The van der Waals surface area contributed by atoms with Gasteiger partial charge in [0.05, 0.1) is 5.69 Å². The number of thioether (sulfide) groups is 1. The molecule has 3 aromatic carbocycles. The number of aromatic nitrogens is 1. The van der Waals surface area contributed by atoms with Crippen LogP contribution >= 0.6 is 23.1 Å². The second-order valence-corrected chi connectivity index (χ2v) is 10.4. The fourth-order valence-corrected chi connectivity index (χ4v) is 5.45. The Morgan fingerprint density at radius 2 is 1.57 bits per heavy atom. The van der Waals surface area contributed by atoms with Gasteiger partial charge in [-0.2, -0.15) is 0 Å². The Morgan fingerprint density at radius 1 is 0.914 bits per heavy atom. The molecule has 7 heteroatoms. The Labute approximate surface area is 214 Å². The van der Waals surface area contributed by atoms with Gasteiger partial charge in [0.25, 0.3) is 0 Å². The van der Waals surface area contributed by atoms with Crippen LogP contribution in [0.1, 0.15) is 35.5 Å². The predicted octanol–water partition coefficient (Wildman–Crippen LogP) is 7.33. The second-order valence-electron chi connectivity index (χ2n) is 8.01. The Bertz CT molecular complexity index is 1270. The van der Waals surface area contributed by atoms with Crippen molar-refractivity contribution in [3.05, 3.63) is 95.4 Å². The first-order chi connectivity index (χ1) is 17.0. The highest BCUT2D eigenvalue weighted by molar-refractivity contribution is 8.00. The summed E-state index contributed by atoms with van der Waals surface area (Å²) in [5.74, 6) is -0.127. The molecule has 0 spiro atoms. The van der Waals surface area contributed by atoms with Gasteiger partial charge >= 0.3 is 0 Å². The molecule has 0 aliphatic rings. The number of hydrogen-bond donors (Lipinski definition) is 2. The van der Waals surface area contributed by atoms with Gasteiger partial charge in [-0.15, -0.1) is 23.1 Å². The van der Waals surface area contributed by atoms with Crippen LogP contribution in [0.25, 0.3) is 11.3 Å². The molecule has 0 aliphatic heterocycles. The molecule has 1 aromatic heterocycles. The van der Waals surface area contributed by atoms with E-state index in [1.807, 2.05) is 98.8 Å². The van der Waals surface area contributed by atoms with Crippen molar-refractivity contribution in [2.45, 2.75) is 36.8 Å². The number of hydrogen-bond acceptors (Lipinski definition) is 5. The lowest BCUT2D eigenvalue weighted by molar-refractivity contribution is -0.116. The predicted molar refractivity (Wildman–Crippen MR) is 146 cm³/mol. The summed E-state index contributed by atoms with van der Waals surface area (Å²) in [5, 5.41) is 6.06. The van der Waals surface area contributed by atoms with E-state index in [-0.39, 0.29) is 11.8 Å². The van der Waals surface area contributed by atoms with E-state index in [1.54, 1.807) is 0 Å². The molecule has 178 valence electrons. The number of carbonyl (C=O) groups is 2. The summed E-state index contributed by atoms with van der Waals surface area (Å²) in [5.41, 5.74) is 3.57. The average molecular weight is 502 g/mol. The first-order valence-corrected chi connectivity index (χ1v) is 13.2. The minimum absolute atomic E-state index is 0.00283. The molecular formula is C28H27N3O2S2. The van der Waals surface area contributed by atoms with Crippen molar-refractivity contribution in [3.8, 4) is 11.3 Å². The maximum Gasteiger partial charge on any atom is 0.244 e. The summed E-state index contributed by atoms with van der Waals surface area (Å²) >= 11 is 2.94. The number of anilines is 2. The van der Waals surface area contributed by atoms with Crippen molar-refractivity contribution in [3.63, 3.8) is 0 Å². The van der Waals surface area contributed by atoms with Crippen molar-refractivity contribution in [1.29, 1.82) is 0 Å². The Morgan fingerprint density at radius 3 is 2.23 bits per heavy atom.